The van der Waals surface area contributed by atoms with Crippen molar-refractivity contribution in [3.8, 4) is 5.75 Å². The van der Waals surface area contributed by atoms with Crippen LogP contribution in [0, 0.1) is 12.8 Å². The second kappa shape index (κ2) is 7.18. The molecule has 0 aliphatic carbocycles. The van der Waals surface area contributed by atoms with Gasteiger partial charge in [-0.2, -0.15) is 0 Å². The van der Waals surface area contributed by atoms with Crippen LogP contribution in [-0.4, -0.2) is 38.3 Å². The van der Waals surface area contributed by atoms with Crippen molar-refractivity contribution < 1.29 is 22.7 Å². The first-order chi connectivity index (χ1) is 10.8. The highest BCUT2D eigenvalue weighted by Crippen LogP contribution is 2.25. The number of halogens is 1. The van der Waals surface area contributed by atoms with Crippen molar-refractivity contribution in [2.24, 2.45) is 5.92 Å². The van der Waals surface area contributed by atoms with Crippen LogP contribution in [0.1, 0.15) is 12.0 Å². The summed E-state index contributed by atoms with van der Waals surface area (Å²) in [7, 11) is -3.15. The van der Waals surface area contributed by atoms with Gasteiger partial charge in [0.2, 0.25) is 5.91 Å². The van der Waals surface area contributed by atoms with E-state index in [9.17, 15) is 18.0 Å². The summed E-state index contributed by atoms with van der Waals surface area (Å²) in [5, 5.41) is 0.378. The molecule has 0 bridgehead atoms. The van der Waals surface area contributed by atoms with Gasteiger partial charge in [-0.15, -0.1) is 0 Å². The van der Waals surface area contributed by atoms with Crippen molar-refractivity contribution in [1.29, 1.82) is 0 Å². The molecule has 126 valence electrons. The third-order valence-corrected chi connectivity index (χ3v) is 5.45. The average molecular weight is 361 g/mol. The molecule has 1 heterocycles. The minimum atomic E-state index is -3.15. The van der Waals surface area contributed by atoms with Crippen molar-refractivity contribution in [2.45, 2.75) is 13.3 Å². The van der Waals surface area contributed by atoms with Crippen molar-refractivity contribution in [2.75, 3.05) is 18.1 Å². The molecule has 1 saturated heterocycles. The molecule has 0 radical (unpaired) electrons. The van der Waals surface area contributed by atoms with Crippen LogP contribution in [0.4, 0.5) is 0 Å². The van der Waals surface area contributed by atoms with Gasteiger partial charge in [0.25, 0.3) is 5.91 Å². The molecule has 0 aromatic heterocycles. The average Bonchev–Trinajstić information content (AvgIpc) is 2.86. The van der Waals surface area contributed by atoms with E-state index in [0.717, 1.165) is 5.56 Å². The number of carbonyl (C=O) groups is 2. The molecule has 1 aromatic carbocycles. The third kappa shape index (κ3) is 5.11. The number of nitrogens with one attached hydrogen (secondary N) is 2. The normalized spacial score (nSPS) is 19.1. The predicted molar refractivity (Wildman–Crippen MR) is 84.7 cm³/mol. The Labute approximate surface area is 139 Å². The molecule has 0 unspecified atom stereocenters. The summed E-state index contributed by atoms with van der Waals surface area (Å²) < 4.78 is 27.9. The Bertz CT molecular complexity index is 720. The Morgan fingerprint density at radius 3 is 2.74 bits per heavy atom. The van der Waals surface area contributed by atoms with Crippen LogP contribution >= 0.6 is 11.6 Å². The summed E-state index contributed by atoms with van der Waals surface area (Å²) in [6.07, 6.45) is 0.263. The maximum absolute atomic E-state index is 11.8. The van der Waals surface area contributed by atoms with Crippen LogP contribution in [0.3, 0.4) is 0 Å². The first-order valence-electron chi connectivity index (χ1n) is 6.95. The summed E-state index contributed by atoms with van der Waals surface area (Å²) in [4.78, 5) is 23.4. The smallest absolute Gasteiger partial charge is 0.276 e. The van der Waals surface area contributed by atoms with Crippen LogP contribution in [0.5, 0.6) is 5.75 Å². The first-order valence-corrected chi connectivity index (χ1v) is 9.15. The Morgan fingerprint density at radius 2 is 2.09 bits per heavy atom. The van der Waals surface area contributed by atoms with E-state index in [1.807, 2.05) is 13.0 Å². The van der Waals surface area contributed by atoms with E-state index in [1.165, 1.54) is 0 Å². The van der Waals surface area contributed by atoms with Gasteiger partial charge in [0.05, 0.1) is 22.4 Å². The van der Waals surface area contributed by atoms with Gasteiger partial charge in [-0.1, -0.05) is 17.7 Å². The van der Waals surface area contributed by atoms with Gasteiger partial charge < -0.3 is 4.74 Å². The molecule has 0 spiro atoms. The number of hydrogen-bond donors (Lipinski definition) is 2. The largest absolute Gasteiger partial charge is 0.482 e. The van der Waals surface area contributed by atoms with Gasteiger partial charge >= 0.3 is 0 Å². The van der Waals surface area contributed by atoms with E-state index in [1.54, 1.807) is 12.1 Å². The van der Waals surface area contributed by atoms with Crippen molar-refractivity contribution in [3.63, 3.8) is 0 Å². The molecule has 23 heavy (non-hydrogen) atoms. The highest BCUT2D eigenvalue weighted by atomic mass is 35.5. The fraction of sp³-hybridized carbons (Fsp3) is 0.429. The van der Waals surface area contributed by atoms with E-state index in [4.69, 9.17) is 16.3 Å². The monoisotopic (exact) mass is 360 g/mol. The van der Waals surface area contributed by atoms with Crippen molar-refractivity contribution >= 4 is 33.3 Å². The zero-order valence-electron chi connectivity index (χ0n) is 12.5. The number of carbonyl (C=O) groups excluding carboxylic acids is 2. The molecule has 1 aliphatic rings. The Hall–Kier alpha value is -1.80. The molecule has 1 aromatic rings. The second-order valence-electron chi connectivity index (χ2n) is 5.36. The number of hydrogen-bond acceptors (Lipinski definition) is 5. The van der Waals surface area contributed by atoms with E-state index >= 15 is 0 Å². The molecular formula is C14H17ClN2O5S. The standard InChI is InChI=1S/C14H17ClN2O5S/c1-9-2-3-11(15)12(6-9)22-7-13(18)16-17-14(19)10-4-5-23(20,21)8-10/h2-3,6,10H,4-5,7-8H2,1H3,(H,16,18)(H,17,19)/t10-/m1/s1. The minimum Gasteiger partial charge on any atom is -0.482 e. The minimum absolute atomic E-state index is 0.00595. The van der Waals surface area contributed by atoms with E-state index in [2.05, 4.69) is 10.9 Å². The van der Waals surface area contributed by atoms with Crippen LogP contribution < -0.4 is 15.6 Å². The lowest BCUT2D eigenvalue weighted by Crippen LogP contribution is -2.46. The summed E-state index contributed by atoms with van der Waals surface area (Å²) in [6.45, 7) is 1.53. The highest BCUT2D eigenvalue weighted by Gasteiger charge is 2.33. The van der Waals surface area contributed by atoms with Crippen molar-refractivity contribution in [1.82, 2.24) is 10.9 Å². The third-order valence-electron chi connectivity index (χ3n) is 3.37. The van der Waals surface area contributed by atoms with E-state index < -0.39 is 27.6 Å². The SMILES string of the molecule is Cc1ccc(Cl)c(OCC(=O)NNC(=O)[C@@H]2CCS(=O)(=O)C2)c1. The molecule has 1 fully saturated rings. The van der Waals surface area contributed by atoms with Gasteiger partial charge in [-0.25, -0.2) is 8.42 Å². The number of aryl methyl sites for hydroxylation is 1. The van der Waals surface area contributed by atoms with Gasteiger partial charge in [0.15, 0.2) is 16.4 Å². The molecule has 1 atom stereocenters. The lowest BCUT2D eigenvalue weighted by molar-refractivity contribution is -0.131. The Morgan fingerprint density at radius 1 is 1.35 bits per heavy atom. The molecular weight excluding hydrogens is 344 g/mol. The number of sulfone groups is 1. The number of ether oxygens (including phenoxy) is 1. The van der Waals surface area contributed by atoms with Gasteiger partial charge in [0.1, 0.15) is 5.75 Å². The highest BCUT2D eigenvalue weighted by molar-refractivity contribution is 7.91. The molecule has 2 rings (SSSR count). The Balaban J connectivity index is 1.77. The number of amides is 2. The Kier molecular flexibility index (Phi) is 5.48. The number of hydrazine groups is 1. The van der Waals surface area contributed by atoms with Gasteiger partial charge in [-0.05, 0) is 31.0 Å². The number of benzene rings is 1. The molecule has 2 N–H and O–H groups in total. The first kappa shape index (κ1) is 17.6. The topological polar surface area (TPSA) is 102 Å². The molecule has 1 aliphatic heterocycles. The molecule has 2 amide bonds. The zero-order valence-corrected chi connectivity index (χ0v) is 14.0. The van der Waals surface area contributed by atoms with Crippen LogP contribution in [-0.2, 0) is 19.4 Å². The van der Waals surface area contributed by atoms with Crippen LogP contribution in [0.2, 0.25) is 5.02 Å². The van der Waals surface area contributed by atoms with Gasteiger partial charge in [0, 0.05) is 0 Å². The quantitative estimate of drug-likeness (QED) is 0.766. The van der Waals surface area contributed by atoms with Crippen molar-refractivity contribution in [3.05, 3.63) is 28.8 Å². The zero-order chi connectivity index (χ0) is 17.0. The maximum atomic E-state index is 11.8. The molecule has 9 heteroatoms. The lowest BCUT2D eigenvalue weighted by atomic mass is 10.1. The summed E-state index contributed by atoms with van der Waals surface area (Å²) >= 11 is 5.94. The number of rotatable bonds is 4. The maximum Gasteiger partial charge on any atom is 0.276 e. The van der Waals surface area contributed by atoms with Crippen LogP contribution in [0.25, 0.3) is 0 Å². The lowest BCUT2D eigenvalue weighted by Gasteiger charge is -2.12. The summed E-state index contributed by atoms with van der Waals surface area (Å²) in [6, 6.07) is 5.16. The van der Waals surface area contributed by atoms with E-state index in [-0.39, 0.29) is 24.5 Å². The molecule has 7 nitrogen and oxygen atoms in total. The second-order valence-corrected chi connectivity index (χ2v) is 8.00. The van der Waals surface area contributed by atoms with Gasteiger partial charge in [-0.3, -0.25) is 20.4 Å². The summed E-state index contributed by atoms with van der Waals surface area (Å²) in [5.41, 5.74) is 5.33. The van der Waals surface area contributed by atoms with Crippen LogP contribution in [0.15, 0.2) is 18.2 Å². The fourth-order valence-corrected chi connectivity index (χ4v) is 4.05. The molecule has 0 saturated carbocycles. The fourth-order valence-electron chi connectivity index (χ4n) is 2.14. The summed E-state index contributed by atoms with van der Waals surface area (Å²) in [5.74, 6) is -1.55. The predicted octanol–water partition coefficient (Wildman–Crippen LogP) is 0.609. The van der Waals surface area contributed by atoms with E-state index in [0.29, 0.717) is 10.8 Å².